The highest BCUT2D eigenvalue weighted by atomic mass is 16.5. The predicted molar refractivity (Wildman–Crippen MR) is 93.9 cm³/mol. The Bertz CT molecular complexity index is 651. The Morgan fingerprint density at radius 1 is 1.46 bits per heavy atom. The van der Waals surface area contributed by atoms with Crippen LogP contribution in [0.4, 0.5) is 10.5 Å². The van der Waals surface area contributed by atoms with E-state index in [1.54, 1.807) is 11.1 Å². The van der Waals surface area contributed by atoms with Gasteiger partial charge in [0.2, 0.25) is 0 Å². The molecule has 0 saturated carbocycles. The number of nitrogens with one attached hydrogen (secondary N) is 2. The summed E-state index contributed by atoms with van der Waals surface area (Å²) in [7, 11) is 1.82. The zero-order valence-corrected chi connectivity index (χ0v) is 14.0. The maximum atomic E-state index is 12.3. The Morgan fingerprint density at radius 2 is 2.38 bits per heavy atom. The molecule has 0 aliphatic carbocycles. The first kappa shape index (κ1) is 16.5. The quantitative estimate of drug-likeness (QED) is 0.852. The molecule has 3 rings (SSSR count). The fraction of sp³-hybridized carbons (Fsp3) is 0.444. The van der Waals surface area contributed by atoms with Crippen molar-refractivity contribution in [2.45, 2.75) is 31.8 Å². The van der Waals surface area contributed by atoms with Crippen LogP contribution >= 0.6 is 0 Å². The number of anilines is 1. The van der Waals surface area contributed by atoms with Crippen molar-refractivity contribution in [2.75, 3.05) is 25.5 Å². The van der Waals surface area contributed by atoms with Crippen LogP contribution in [-0.2, 0) is 4.74 Å². The van der Waals surface area contributed by atoms with Crippen LogP contribution in [0.2, 0.25) is 0 Å². The highest BCUT2D eigenvalue weighted by Crippen LogP contribution is 2.21. The number of aromatic nitrogens is 2. The summed E-state index contributed by atoms with van der Waals surface area (Å²) in [6.07, 6.45) is 6.38. The normalized spacial score (nSPS) is 17.0. The minimum Gasteiger partial charge on any atom is -0.378 e. The van der Waals surface area contributed by atoms with Crippen LogP contribution in [-0.4, -0.2) is 47.4 Å². The van der Waals surface area contributed by atoms with E-state index in [9.17, 15) is 4.79 Å². The standard InChI is InChI=1S/C18H24N4O2/c1-22(11-3-7-16-8-4-12-24-16)18(23)20-15-6-2-5-14(13-15)17-9-10-19-21-17/h2,5-6,9-10,13,16H,3-4,7-8,11-12H2,1H3,(H,19,21)(H,20,23). The van der Waals surface area contributed by atoms with E-state index in [1.807, 2.05) is 37.4 Å². The molecule has 2 heterocycles. The van der Waals surface area contributed by atoms with Crippen molar-refractivity contribution < 1.29 is 9.53 Å². The molecule has 1 aliphatic rings. The molecule has 1 aromatic carbocycles. The molecule has 1 aliphatic heterocycles. The van der Waals surface area contributed by atoms with Crippen LogP contribution < -0.4 is 5.32 Å². The van der Waals surface area contributed by atoms with Gasteiger partial charge >= 0.3 is 6.03 Å². The number of rotatable bonds is 6. The Kier molecular flexibility index (Phi) is 5.48. The second kappa shape index (κ2) is 7.97. The lowest BCUT2D eigenvalue weighted by atomic mass is 10.1. The molecule has 24 heavy (non-hydrogen) atoms. The van der Waals surface area contributed by atoms with Crippen LogP contribution in [0.5, 0.6) is 0 Å². The van der Waals surface area contributed by atoms with E-state index in [1.165, 1.54) is 0 Å². The van der Waals surface area contributed by atoms with Crippen LogP contribution in [0.15, 0.2) is 36.5 Å². The number of urea groups is 1. The third kappa shape index (κ3) is 4.35. The molecule has 1 fully saturated rings. The van der Waals surface area contributed by atoms with E-state index in [4.69, 9.17) is 4.74 Å². The number of ether oxygens (including phenoxy) is 1. The number of hydrogen-bond acceptors (Lipinski definition) is 3. The van der Waals surface area contributed by atoms with Crippen molar-refractivity contribution in [3.05, 3.63) is 36.5 Å². The molecule has 0 radical (unpaired) electrons. The summed E-state index contributed by atoms with van der Waals surface area (Å²) in [6, 6.07) is 9.53. The van der Waals surface area contributed by atoms with Gasteiger partial charge in [-0.05, 0) is 43.9 Å². The van der Waals surface area contributed by atoms with E-state index in [2.05, 4.69) is 15.5 Å². The van der Waals surface area contributed by atoms with Crippen molar-refractivity contribution in [1.82, 2.24) is 15.1 Å². The zero-order chi connectivity index (χ0) is 16.8. The molecule has 6 heteroatoms. The van der Waals surface area contributed by atoms with Gasteiger partial charge in [-0.25, -0.2) is 4.79 Å². The van der Waals surface area contributed by atoms with Gasteiger partial charge in [0.25, 0.3) is 0 Å². The average molecular weight is 328 g/mol. The lowest BCUT2D eigenvalue weighted by molar-refractivity contribution is 0.101. The number of carbonyl (C=O) groups excluding carboxylic acids is 1. The topological polar surface area (TPSA) is 70.2 Å². The molecule has 1 saturated heterocycles. The van der Waals surface area contributed by atoms with Crippen molar-refractivity contribution in [1.29, 1.82) is 0 Å². The highest BCUT2D eigenvalue weighted by molar-refractivity contribution is 5.89. The van der Waals surface area contributed by atoms with Gasteiger partial charge < -0.3 is 15.0 Å². The second-order valence-corrected chi connectivity index (χ2v) is 6.18. The zero-order valence-electron chi connectivity index (χ0n) is 14.0. The largest absolute Gasteiger partial charge is 0.378 e. The van der Waals surface area contributed by atoms with E-state index in [0.29, 0.717) is 6.10 Å². The van der Waals surface area contributed by atoms with Gasteiger partial charge in [0.1, 0.15) is 0 Å². The number of carbonyl (C=O) groups is 1. The highest BCUT2D eigenvalue weighted by Gasteiger charge is 2.16. The van der Waals surface area contributed by atoms with Crippen LogP contribution in [0.3, 0.4) is 0 Å². The molecule has 6 nitrogen and oxygen atoms in total. The number of aromatic amines is 1. The van der Waals surface area contributed by atoms with Crippen molar-refractivity contribution in [2.24, 2.45) is 0 Å². The Hall–Kier alpha value is -2.34. The molecule has 2 aromatic rings. The number of H-pyrrole nitrogens is 1. The van der Waals surface area contributed by atoms with Crippen LogP contribution in [0.25, 0.3) is 11.3 Å². The number of amides is 2. The van der Waals surface area contributed by atoms with E-state index in [-0.39, 0.29) is 6.03 Å². The molecule has 0 spiro atoms. The lowest BCUT2D eigenvalue weighted by Crippen LogP contribution is -2.32. The fourth-order valence-electron chi connectivity index (χ4n) is 2.93. The molecule has 1 atom stereocenters. The summed E-state index contributed by atoms with van der Waals surface area (Å²) in [5.74, 6) is 0. The summed E-state index contributed by atoms with van der Waals surface area (Å²) >= 11 is 0. The average Bonchev–Trinajstić information content (AvgIpc) is 3.29. The Balaban J connectivity index is 1.49. The molecule has 128 valence electrons. The molecule has 1 aromatic heterocycles. The van der Waals surface area contributed by atoms with Crippen molar-refractivity contribution in [3.8, 4) is 11.3 Å². The van der Waals surface area contributed by atoms with Crippen LogP contribution in [0.1, 0.15) is 25.7 Å². The van der Waals surface area contributed by atoms with E-state index < -0.39 is 0 Å². The Morgan fingerprint density at radius 3 is 3.12 bits per heavy atom. The molecule has 2 N–H and O–H groups in total. The summed E-state index contributed by atoms with van der Waals surface area (Å²) < 4.78 is 5.61. The number of nitrogens with zero attached hydrogens (tertiary/aromatic N) is 2. The van der Waals surface area contributed by atoms with Crippen molar-refractivity contribution >= 4 is 11.7 Å². The minimum atomic E-state index is -0.0934. The smallest absolute Gasteiger partial charge is 0.321 e. The van der Waals surface area contributed by atoms with Gasteiger partial charge in [-0.2, -0.15) is 5.10 Å². The first-order valence-corrected chi connectivity index (χ1v) is 8.46. The molecule has 2 amide bonds. The van der Waals surface area contributed by atoms with Gasteiger partial charge in [-0.15, -0.1) is 0 Å². The molecule has 1 unspecified atom stereocenters. The first-order chi connectivity index (χ1) is 11.7. The van der Waals surface area contributed by atoms with Gasteiger partial charge in [0.05, 0.1) is 11.8 Å². The van der Waals surface area contributed by atoms with Gasteiger partial charge in [-0.3, -0.25) is 5.10 Å². The summed E-state index contributed by atoms with van der Waals surface area (Å²) in [5, 5.41) is 9.82. The Labute approximate surface area is 142 Å². The third-order valence-electron chi connectivity index (χ3n) is 4.32. The molecular formula is C18H24N4O2. The SMILES string of the molecule is CN(CCCC1CCCO1)C(=O)Nc1cccc(-c2ccn[nH]2)c1. The van der Waals surface area contributed by atoms with Gasteiger partial charge in [-0.1, -0.05) is 12.1 Å². The minimum absolute atomic E-state index is 0.0934. The first-order valence-electron chi connectivity index (χ1n) is 8.46. The maximum absolute atomic E-state index is 12.3. The third-order valence-corrected chi connectivity index (χ3v) is 4.32. The van der Waals surface area contributed by atoms with E-state index in [0.717, 1.165) is 55.8 Å². The van der Waals surface area contributed by atoms with E-state index >= 15 is 0 Å². The summed E-state index contributed by atoms with van der Waals surface area (Å²) in [4.78, 5) is 14.0. The molecule has 0 bridgehead atoms. The fourth-order valence-corrected chi connectivity index (χ4v) is 2.93. The number of hydrogen-bond donors (Lipinski definition) is 2. The second-order valence-electron chi connectivity index (χ2n) is 6.18. The van der Waals surface area contributed by atoms with Gasteiger partial charge in [0, 0.05) is 37.6 Å². The predicted octanol–water partition coefficient (Wildman–Crippen LogP) is 3.50. The monoisotopic (exact) mass is 328 g/mol. The summed E-state index contributed by atoms with van der Waals surface area (Å²) in [5.41, 5.74) is 2.69. The lowest BCUT2D eigenvalue weighted by Gasteiger charge is -2.19. The number of benzene rings is 1. The van der Waals surface area contributed by atoms with Crippen LogP contribution in [0, 0.1) is 0 Å². The van der Waals surface area contributed by atoms with Gasteiger partial charge in [0.15, 0.2) is 0 Å². The maximum Gasteiger partial charge on any atom is 0.321 e. The summed E-state index contributed by atoms with van der Waals surface area (Å²) in [6.45, 7) is 1.61. The molecular weight excluding hydrogens is 304 g/mol. The van der Waals surface area contributed by atoms with Crippen molar-refractivity contribution in [3.63, 3.8) is 0 Å².